The molecule has 0 saturated heterocycles. The van der Waals surface area contributed by atoms with Crippen LogP contribution in [0.1, 0.15) is 17.3 Å². The van der Waals surface area contributed by atoms with E-state index in [1.807, 2.05) is 13.0 Å². The van der Waals surface area contributed by atoms with Gasteiger partial charge in [0.15, 0.2) is 0 Å². The number of rotatable bonds is 2. The van der Waals surface area contributed by atoms with Crippen molar-refractivity contribution in [3.63, 3.8) is 0 Å². The SMILES string of the molecule is CCSC(=O)NC(=O)c1ccccc1. The summed E-state index contributed by atoms with van der Waals surface area (Å²) < 4.78 is 0. The van der Waals surface area contributed by atoms with E-state index in [2.05, 4.69) is 5.32 Å². The molecule has 1 aromatic rings. The molecule has 3 nitrogen and oxygen atoms in total. The van der Waals surface area contributed by atoms with Crippen LogP contribution in [0.5, 0.6) is 0 Å². The largest absolute Gasteiger partial charge is 0.285 e. The predicted octanol–water partition coefficient (Wildman–Crippen LogP) is 2.29. The lowest BCUT2D eigenvalue weighted by molar-refractivity contribution is 0.0969. The number of benzene rings is 1. The summed E-state index contributed by atoms with van der Waals surface area (Å²) in [4.78, 5) is 22.4. The molecule has 1 aromatic carbocycles. The molecule has 0 aliphatic heterocycles. The summed E-state index contributed by atoms with van der Waals surface area (Å²) in [6.07, 6.45) is 0. The van der Waals surface area contributed by atoms with Crippen LogP contribution in [0.2, 0.25) is 0 Å². The maximum absolute atomic E-state index is 11.4. The third-order valence-electron chi connectivity index (χ3n) is 1.53. The van der Waals surface area contributed by atoms with Gasteiger partial charge < -0.3 is 0 Å². The van der Waals surface area contributed by atoms with Gasteiger partial charge in [-0.3, -0.25) is 14.9 Å². The van der Waals surface area contributed by atoms with Crippen LogP contribution in [-0.2, 0) is 0 Å². The van der Waals surface area contributed by atoms with Crippen LogP contribution >= 0.6 is 11.8 Å². The lowest BCUT2D eigenvalue weighted by Gasteiger charge is -2.01. The van der Waals surface area contributed by atoms with Gasteiger partial charge in [-0.1, -0.05) is 36.9 Å². The van der Waals surface area contributed by atoms with E-state index < -0.39 is 0 Å². The molecule has 0 fully saturated rings. The molecular weight excluding hydrogens is 198 g/mol. The first-order chi connectivity index (χ1) is 6.74. The fourth-order valence-electron chi connectivity index (χ4n) is 0.922. The van der Waals surface area contributed by atoms with Crippen LogP contribution in [0.4, 0.5) is 4.79 Å². The number of carbonyl (C=O) groups excluding carboxylic acids is 2. The zero-order chi connectivity index (χ0) is 10.4. The molecule has 0 aliphatic rings. The molecule has 1 rings (SSSR count). The quantitative estimate of drug-likeness (QED) is 0.812. The maximum Gasteiger partial charge on any atom is 0.285 e. The van der Waals surface area contributed by atoms with Crippen molar-refractivity contribution in [1.29, 1.82) is 0 Å². The molecule has 0 saturated carbocycles. The number of carbonyl (C=O) groups is 2. The highest BCUT2D eigenvalue weighted by Gasteiger charge is 2.08. The first-order valence-electron chi connectivity index (χ1n) is 4.27. The number of imide groups is 1. The van der Waals surface area contributed by atoms with Crippen molar-refractivity contribution in [2.45, 2.75) is 6.92 Å². The fourth-order valence-corrected chi connectivity index (χ4v) is 1.35. The van der Waals surface area contributed by atoms with Crippen molar-refractivity contribution < 1.29 is 9.59 Å². The summed E-state index contributed by atoms with van der Waals surface area (Å²) in [6.45, 7) is 1.86. The van der Waals surface area contributed by atoms with Gasteiger partial charge in [-0.25, -0.2) is 0 Å². The van der Waals surface area contributed by atoms with Gasteiger partial charge in [0.1, 0.15) is 0 Å². The lowest BCUT2D eigenvalue weighted by Crippen LogP contribution is -2.26. The third kappa shape index (κ3) is 3.22. The zero-order valence-electron chi connectivity index (χ0n) is 7.82. The van der Waals surface area contributed by atoms with E-state index in [4.69, 9.17) is 0 Å². The molecule has 0 spiro atoms. The Morgan fingerprint density at radius 2 is 1.93 bits per heavy atom. The molecule has 0 heterocycles. The summed E-state index contributed by atoms with van der Waals surface area (Å²) >= 11 is 1.08. The lowest BCUT2D eigenvalue weighted by atomic mass is 10.2. The normalized spacial score (nSPS) is 9.50. The Morgan fingerprint density at radius 3 is 2.50 bits per heavy atom. The van der Waals surface area contributed by atoms with E-state index >= 15 is 0 Å². The molecule has 1 N–H and O–H groups in total. The van der Waals surface area contributed by atoms with Crippen molar-refractivity contribution in [2.75, 3.05) is 5.75 Å². The van der Waals surface area contributed by atoms with Crippen LogP contribution in [0.3, 0.4) is 0 Å². The Balaban J connectivity index is 2.55. The van der Waals surface area contributed by atoms with Gasteiger partial charge in [0.25, 0.3) is 11.1 Å². The second-order valence-electron chi connectivity index (χ2n) is 2.54. The molecule has 0 unspecified atom stereocenters. The Morgan fingerprint density at radius 1 is 1.29 bits per heavy atom. The highest BCUT2D eigenvalue weighted by Crippen LogP contribution is 2.02. The summed E-state index contributed by atoms with van der Waals surface area (Å²) in [7, 11) is 0. The zero-order valence-corrected chi connectivity index (χ0v) is 8.64. The predicted molar refractivity (Wildman–Crippen MR) is 57.4 cm³/mol. The molecule has 0 radical (unpaired) electrons. The number of hydrogen-bond acceptors (Lipinski definition) is 3. The summed E-state index contributed by atoms with van der Waals surface area (Å²) in [5.74, 6) is 0.310. The first kappa shape index (κ1) is 10.8. The molecule has 2 amide bonds. The molecule has 4 heteroatoms. The van der Waals surface area contributed by atoms with Crippen LogP contribution in [0.25, 0.3) is 0 Å². The van der Waals surface area contributed by atoms with Gasteiger partial charge in [-0.15, -0.1) is 0 Å². The highest BCUT2D eigenvalue weighted by atomic mass is 32.2. The number of nitrogens with one attached hydrogen (secondary N) is 1. The Hall–Kier alpha value is -1.29. The van der Waals surface area contributed by atoms with Crippen molar-refractivity contribution in [1.82, 2.24) is 5.32 Å². The molecule has 74 valence electrons. The van der Waals surface area contributed by atoms with Gasteiger partial charge in [-0.05, 0) is 17.9 Å². The van der Waals surface area contributed by atoms with Gasteiger partial charge in [0.2, 0.25) is 0 Å². The minimum Gasteiger partial charge on any atom is -0.283 e. The summed E-state index contributed by atoms with van der Waals surface area (Å²) in [5.41, 5.74) is 0.498. The van der Waals surface area contributed by atoms with E-state index in [1.54, 1.807) is 24.3 Å². The van der Waals surface area contributed by atoms with Crippen LogP contribution in [-0.4, -0.2) is 16.9 Å². The molecule has 0 aromatic heterocycles. The molecule has 14 heavy (non-hydrogen) atoms. The topological polar surface area (TPSA) is 46.2 Å². The van der Waals surface area contributed by atoms with E-state index in [9.17, 15) is 9.59 Å². The van der Waals surface area contributed by atoms with E-state index in [-0.39, 0.29) is 11.1 Å². The van der Waals surface area contributed by atoms with Crippen molar-refractivity contribution >= 4 is 22.9 Å². The first-order valence-corrected chi connectivity index (χ1v) is 5.25. The highest BCUT2D eigenvalue weighted by molar-refractivity contribution is 8.13. The van der Waals surface area contributed by atoms with Crippen LogP contribution in [0.15, 0.2) is 30.3 Å². The van der Waals surface area contributed by atoms with E-state index in [0.29, 0.717) is 11.3 Å². The second kappa shape index (κ2) is 5.44. The number of thioether (sulfide) groups is 1. The summed E-state index contributed by atoms with van der Waals surface area (Å²) in [5, 5.41) is 1.98. The van der Waals surface area contributed by atoms with Crippen LogP contribution < -0.4 is 5.32 Å². The minimum absolute atomic E-state index is 0.304. The smallest absolute Gasteiger partial charge is 0.283 e. The minimum atomic E-state index is -0.350. The molecule has 0 atom stereocenters. The van der Waals surface area contributed by atoms with Gasteiger partial charge >= 0.3 is 0 Å². The Kier molecular flexibility index (Phi) is 4.19. The maximum atomic E-state index is 11.4. The monoisotopic (exact) mass is 209 g/mol. The fraction of sp³-hybridized carbons (Fsp3) is 0.200. The van der Waals surface area contributed by atoms with Gasteiger partial charge in [0.05, 0.1) is 0 Å². The van der Waals surface area contributed by atoms with Crippen molar-refractivity contribution in [3.8, 4) is 0 Å². The second-order valence-corrected chi connectivity index (χ2v) is 3.78. The van der Waals surface area contributed by atoms with Gasteiger partial charge in [0, 0.05) is 5.56 Å². The Bertz CT molecular complexity index is 324. The standard InChI is InChI=1S/C10H11NO2S/c1-2-14-10(13)11-9(12)8-6-4-3-5-7-8/h3-7H,2H2,1H3,(H,11,12,13). The van der Waals surface area contributed by atoms with E-state index in [0.717, 1.165) is 11.8 Å². The van der Waals surface area contributed by atoms with Crippen LogP contribution in [0, 0.1) is 0 Å². The average molecular weight is 209 g/mol. The van der Waals surface area contributed by atoms with E-state index in [1.165, 1.54) is 0 Å². The van der Waals surface area contributed by atoms with Crippen molar-refractivity contribution in [3.05, 3.63) is 35.9 Å². The third-order valence-corrected chi connectivity index (χ3v) is 2.18. The Labute approximate surface area is 86.9 Å². The summed E-state index contributed by atoms with van der Waals surface area (Å²) in [6, 6.07) is 8.66. The molecule has 0 aliphatic carbocycles. The number of hydrogen-bond donors (Lipinski definition) is 1. The number of amides is 2. The molecule has 0 bridgehead atoms. The average Bonchev–Trinajstić information content (AvgIpc) is 2.19. The van der Waals surface area contributed by atoms with Crippen molar-refractivity contribution in [2.24, 2.45) is 0 Å². The molecular formula is C10H11NO2S. The van der Waals surface area contributed by atoms with Gasteiger partial charge in [-0.2, -0.15) is 0 Å².